The second-order valence-electron chi connectivity index (χ2n) is 5.84. The van der Waals surface area contributed by atoms with Gasteiger partial charge in [0.15, 0.2) is 16.8 Å². The second kappa shape index (κ2) is 8.33. The first kappa shape index (κ1) is 18.4. The molecule has 0 aliphatic rings. The summed E-state index contributed by atoms with van der Waals surface area (Å²) in [6, 6.07) is 17.2. The van der Waals surface area contributed by atoms with Gasteiger partial charge >= 0.3 is 0 Å². The number of unbranched alkanes of at least 4 members (excludes halogenated alkanes) is 1. The van der Waals surface area contributed by atoms with Gasteiger partial charge in [0.25, 0.3) is 0 Å². The molecule has 1 atom stereocenters. The standard InChI is InChI=1S/C19H21N3O2S2/c1-2-3-12-22(18-13-15-6-4-5-7-17(15)25-18)26(24)16-10-8-14(9-11-16)19(20)21-23/h4-11,13,23H,2-3,12H2,1H3,(H2,20,21). The Morgan fingerprint density at radius 2 is 1.96 bits per heavy atom. The van der Waals surface area contributed by atoms with E-state index < -0.39 is 11.0 Å². The highest BCUT2D eigenvalue weighted by Gasteiger charge is 2.18. The zero-order valence-corrected chi connectivity index (χ0v) is 16.1. The van der Waals surface area contributed by atoms with Crippen LogP contribution in [-0.2, 0) is 11.0 Å². The first-order chi connectivity index (χ1) is 12.6. The van der Waals surface area contributed by atoms with Crippen molar-refractivity contribution in [3.8, 4) is 0 Å². The van der Waals surface area contributed by atoms with Gasteiger partial charge in [0.1, 0.15) is 5.00 Å². The van der Waals surface area contributed by atoms with Crippen molar-refractivity contribution < 1.29 is 9.42 Å². The summed E-state index contributed by atoms with van der Waals surface area (Å²) in [6.07, 6.45) is 1.99. The fourth-order valence-electron chi connectivity index (χ4n) is 2.59. The molecule has 2 aromatic carbocycles. The van der Waals surface area contributed by atoms with Crippen LogP contribution in [-0.4, -0.2) is 21.8 Å². The number of amidine groups is 1. The molecule has 0 fully saturated rings. The molecule has 0 aliphatic heterocycles. The lowest BCUT2D eigenvalue weighted by atomic mass is 10.2. The van der Waals surface area contributed by atoms with Gasteiger partial charge in [0.05, 0.1) is 4.90 Å². The van der Waals surface area contributed by atoms with Crippen LogP contribution < -0.4 is 10.0 Å². The van der Waals surface area contributed by atoms with Crippen molar-refractivity contribution in [2.45, 2.75) is 24.7 Å². The highest BCUT2D eigenvalue weighted by Crippen LogP contribution is 2.34. The number of hydrogen-bond acceptors (Lipinski definition) is 4. The van der Waals surface area contributed by atoms with E-state index in [1.165, 1.54) is 4.70 Å². The van der Waals surface area contributed by atoms with Crippen LogP contribution in [0.15, 0.2) is 64.6 Å². The zero-order chi connectivity index (χ0) is 18.5. The molecule has 0 aliphatic carbocycles. The molecule has 0 radical (unpaired) electrons. The number of benzene rings is 2. The summed E-state index contributed by atoms with van der Waals surface area (Å²) in [5.41, 5.74) is 6.19. The van der Waals surface area contributed by atoms with Crippen LogP contribution in [0.2, 0.25) is 0 Å². The van der Waals surface area contributed by atoms with Gasteiger partial charge in [-0.25, -0.2) is 4.21 Å². The summed E-state index contributed by atoms with van der Waals surface area (Å²) < 4.78 is 16.3. The smallest absolute Gasteiger partial charge is 0.170 e. The first-order valence-electron chi connectivity index (χ1n) is 8.40. The minimum Gasteiger partial charge on any atom is -0.409 e. The van der Waals surface area contributed by atoms with Crippen LogP contribution in [0.3, 0.4) is 0 Å². The third kappa shape index (κ3) is 3.89. The molecular formula is C19H21N3O2S2. The minimum atomic E-state index is -1.32. The number of fused-ring (bicyclic) bond motifs is 1. The number of anilines is 1. The molecule has 7 heteroatoms. The van der Waals surface area contributed by atoms with Crippen molar-refractivity contribution >= 4 is 43.2 Å². The maximum Gasteiger partial charge on any atom is 0.170 e. The van der Waals surface area contributed by atoms with E-state index in [1.54, 1.807) is 35.6 Å². The van der Waals surface area contributed by atoms with Gasteiger partial charge in [-0.15, -0.1) is 11.3 Å². The number of rotatable bonds is 7. The number of oxime groups is 1. The van der Waals surface area contributed by atoms with Crippen LogP contribution >= 0.6 is 11.3 Å². The lowest BCUT2D eigenvalue weighted by molar-refractivity contribution is 0.318. The van der Waals surface area contributed by atoms with Gasteiger partial charge in [-0.1, -0.05) is 36.7 Å². The summed E-state index contributed by atoms with van der Waals surface area (Å²) in [5, 5.41) is 13.9. The Labute approximate surface area is 159 Å². The molecule has 1 aromatic heterocycles. The lowest BCUT2D eigenvalue weighted by Gasteiger charge is -2.21. The molecule has 1 heterocycles. The highest BCUT2D eigenvalue weighted by molar-refractivity contribution is 7.86. The molecule has 0 saturated heterocycles. The van der Waals surface area contributed by atoms with Crippen LogP contribution in [0.5, 0.6) is 0 Å². The third-order valence-electron chi connectivity index (χ3n) is 4.03. The van der Waals surface area contributed by atoms with Gasteiger partial charge in [0, 0.05) is 16.8 Å². The zero-order valence-electron chi connectivity index (χ0n) is 14.5. The predicted molar refractivity (Wildman–Crippen MR) is 109 cm³/mol. The Balaban J connectivity index is 1.92. The monoisotopic (exact) mass is 387 g/mol. The van der Waals surface area contributed by atoms with Gasteiger partial charge in [-0.2, -0.15) is 0 Å². The molecule has 0 bridgehead atoms. The van der Waals surface area contributed by atoms with E-state index in [0.29, 0.717) is 10.5 Å². The Bertz CT molecular complexity index is 902. The fourth-order valence-corrected chi connectivity index (χ4v) is 5.04. The summed E-state index contributed by atoms with van der Waals surface area (Å²) in [7, 11) is -1.32. The van der Waals surface area contributed by atoms with Gasteiger partial charge in [0.2, 0.25) is 0 Å². The Morgan fingerprint density at radius 3 is 2.62 bits per heavy atom. The molecule has 0 saturated carbocycles. The topological polar surface area (TPSA) is 78.9 Å². The van der Waals surface area contributed by atoms with E-state index in [0.717, 1.165) is 29.8 Å². The first-order valence-corrected chi connectivity index (χ1v) is 10.3. The minimum absolute atomic E-state index is 0.0367. The molecule has 0 amide bonds. The molecule has 26 heavy (non-hydrogen) atoms. The fraction of sp³-hybridized carbons (Fsp3) is 0.211. The van der Waals surface area contributed by atoms with E-state index in [9.17, 15) is 4.21 Å². The van der Waals surface area contributed by atoms with Crippen molar-refractivity contribution in [3.63, 3.8) is 0 Å². The molecule has 3 aromatic rings. The molecule has 5 nitrogen and oxygen atoms in total. The average Bonchev–Trinajstić information content (AvgIpc) is 3.11. The third-order valence-corrected chi connectivity index (χ3v) is 6.74. The van der Waals surface area contributed by atoms with Gasteiger partial charge < -0.3 is 10.9 Å². The lowest BCUT2D eigenvalue weighted by Crippen LogP contribution is -2.26. The number of hydrogen-bond donors (Lipinski definition) is 2. The summed E-state index contributed by atoms with van der Waals surface area (Å²) in [4.78, 5) is 0.688. The molecule has 3 rings (SSSR count). The van der Waals surface area contributed by atoms with Gasteiger partial charge in [-0.05, 0) is 48.2 Å². The maximum atomic E-state index is 13.2. The van der Waals surface area contributed by atoms with E-state index in [2.05, 4.69) is 30.3 Å². The molecule has 1 unspecified atom stereocenters. The quantitative estimate of drug-likeness (QED) is 0.274. The van der Waals surface area contributed by atoms with E-state index in [-0.39, 0.29) is 5.84 Å². The van der Waals surface area contributed by atoms with E-state index >= 15 is 0 Å². The normalized spacial score (nSPS) is 13.0. The summed E-state index contributed by atoms with van der Waals surface area (Å²) in [5.74, 6) is 0.0367. The van der Waals surface area contributed by atoms with Crippen LogP contribution in [0.25, 0.3) is 10.1 Å². The molecule has 3 N–H and O–H groups in total. The predicted octanol–water partition coefficient (Wildman–Crippen LogP) is 4.33. The van der Waals surface area contributed by atoms with Crippen molar-refractivity contribution in [1.82, 2.24) is 0 Å². The largest absolute Gasteiger partial charge is 0.409 e. The van der Waals surface area contributed by atoms with Crippen LogP contribution in [0, 0.1) is 0 Å². The van der Waals surface area contributed by atoms with Gasteiger partial charge in [-0.3, -0.25) is 4.31 Å². The highest BCUT2D eigenvalue weighted by atomic mass is 32.2. The average molecular weight is 388 g/mol. The number of nitrogens with two attached hydrogens (primary N) is 1. The number of nitrogens with zero attached hydrogens (tertiary/aromatic N) is 2. The van der Waals surface area contributed by atoms with Crippen molar-refractivity contribution in [3.05, 3.63) is 60.2 Å². The molecule has 0 spiro atoms. The number of thiophene rings is 1. The van der Waals surface area contributed by atoms with E-state index in [4.69, 9.17) is 10.9 Å². The molecular weight excluding hydrogens is 366 g/mol. The summed E-state index contributed by atoms with van der Waals surface area (Å²) in [6.45, 7) is 2.84. The Hall–Kier alpha value is -2.38. The van der Waals surface area contributed by atoms with Crippen molar-refractivity contribution in [2.24, 2.45) is 10.9 Å². The summed E-state index contributed by atoms with van der Waals surface area (Å²) >= 11 is 1.65. The van der Waals surface area contributed by atoms with Crippen molar-refractivity contribution in [2.75, 3.05) is 10.8 Å². The maximum absolute atomic E-state index is 13.2. The van der Waals surface area contributed by atoms with Crippen LogP contribution in [0.4, 0.5) is 5.00 Å². The Morgan fingerprint density at radius 1 is 1.23 bits per heavy atom. The van der Waals surface area contributed by atoms with Crippen LogP contribution in [0.1, 0.15) is 25.3 Å². The van der Waals surface area contributed by atoms with Crippen molar-refractivity contribution in [1.29, 1.82) is 0 Å². The molecule has 136 valence electrons. The Kier molecular flexibility index (Phi) is 5.90. The SMILES string of the molecule is CCCCN(c1cc2ccccc2s1)S(=O)c1ccc(/C(N)=N/O)cc1. The second-order valence-corrected chi connectivity index (χ2v) is 8.31. The van der Waals surface area contributed by atoms with E-state index in [1.807, 2.05) is 16.4 Å².